The van der Waals surface area contributed by atoms with Gasteiger partial charge >= 0.3 is 5.97 Å². The minimum atomic E-state index is -0.926. The maximum absolute atomic E-state index is 11.0. The van der Waals surface area contributed by atoms with Crippen LogP contribution in [0.4, 0.5) is 0 Å². The SMILES string of the molecule is COc1ccc(CC2CC2)cc1C(=O)O. The molecule has 1 aromatic rings. The van der Waals surface area contributed by atoms with Gasteiger partial charge in [0.1, 0.15) is 11.3 Å². The van der Waals surface area contributed by atoms with Crippen molar-refractivity contribution < 1.29 is 14.6 Å². The van der Waals surface area contributed by atoms with Crippen LogP contribution in [0.3, 0.4) is 0 Å². The molecule has 0 bridgehead atoms. The van der Waals surface area contributed by atoms with E-state index in [-0.39, 0.29) is 5.56 Å². The number of carboxylic acid groups (broad SMARTS) is 1. The molecule has 0 amide bonds. The fourth-order valence-corrected chi connectivity index (χ4v) is 1.70. The molecule has 1 N–H and O–H groups in total. The average molecular weight is 206 g/mol. The molecule has 0 aromatic heterocycles. The van der Waals surface area contributed by atoms with E-state index in [2.05, 4.69) is 0 Å². The van der Waals surface area contributed by atoms with Crippen molar-refractivity contribution in [2.45, 2.75) is 19.3 Å². The van der Waals surface area contributed by atoms with E-state index >= 15 is 0 Å². The fraction of sp³-hybridized carbons (Fsp3) is 0.417. The van der Waals surface area contributed by atoms with Gasteiger partial charge in [-0.15, -0.1) is 0 Å². The van der Waals surface area contributed by atoms with Crippen LogP contribution in [0.15, 0.2) is 18.2 Å². The minimum absolute atomic E-state index is 0.260. The predicted molar refractivity (Wildman–Crippen MR) is 56.4 cm³/mol. The van der Waals surface area contributed by atoms with E-state index in [9.17, 15) is 4.79 Å². The summed E-state index contributed by atoms with van der Waals surface area (Å²) in [5, 5.41) is 8.99. The zero-order valence-electron chi connectivity index (χ0n) is 8.69. The van der Waals surface area contributed by atoms with Gasteiger partial charge in [0.05, 0.1) is 7.11 Å². The van der Waals surface area contributed by atoms with Gasteiger partial charge in [-0.2, -0.15) is 0 Å². The number of hydrogen-bond acceptors (Lipinski definition) is 2. The molecule has 3 nitrogen and oxygen atoms in total. The lowest BCUT2D eigenvalue weighted by Gasteiger charge is -2.07. The number of benzene rings is 1. The highest BCUT2D eigenvalue weighted by Crippen LogP contribution is 2.33. The number of ether oxygens (including phenoxy) is 1. The van der Waals surface area contributed by atoms with Crippen molar-refractivity contribution in [3.8, 4) is 5.75 Å². The molecule has 15 heavy (non-hydrogen) atoms. The van der Waals surface area contributed by atoms with Crippen LogP contribution in [-0.2, 0) is 6.42 Å². The summed E-state index contributed by atoms with van der Waals surface area (Å²) in [5.41, 5.74) is 1.35. The Hall–Kier alpha value is -1.51. The van der Waals surface area contributed by atoms with Crippen LogP contribution in [0.25, 0.3) is 0 Å². The van der Waals surface area contributed by atoms with Gasteiger partial charge in [0.25, 0.3) is 0 Å². The Morgan fingerprint density at radius 1 is 1.53 bits per heavy atom. The van der Waals surface area contributed by atoms with Crippen molar-refractivity contribution in [2.75, 3.05) is 7.11 Å². The van der Waals surface area contributed by atoms with Crippen molar-refractivity contribution >= 4 is 5.97 Å². The maximum atomic E-state index is 11.0. The Balaban J connectivity index is 2.26. The fourth-order valence-electron chi connectivity index (χ4n) is 1.70. The number of aromatic carboxylic acids is 1. The molecule has 1 aliphatic rings. The van der Waals surface area contributed by atoms with Crippen LogP contribution < -0.4 is 4.74 Å². The molecule has 0 saturated heterocycles. The summed E-state index contributed by atoms with van der Waals surface area (Å²) in [6.45, 7) is 0. The smallest absolute Gasteiger partial charge is 0.339 e. The number of rotatable bonds is 4. The second-order valence-corrected chi connectivity index (χ2v) is 3.99. The molecule has 1 aromatic carbocycles. The van der Waals surface area contributed by atoms with E-state index in [1.807, 2.05) is 6.07 Å². The molecule has 3 heteroatoms. The second kappa shape index (κ2) is 3.93. The molecule has 0 radical (unpaired) electrons. The molecule has 0 atom stereocenters. The van der Waals surface area contributed by atoms with Gasteiger partial charge in [-0.25, -0.2) is 4.79 Å². The zero-order chi connectivity index (χ0) is 10.8. The first-order chi connectivity index (χ1) is 7.20. The highest BCUT2D eigenvalue weighted by atomic mass is 16.5. The Bertz CT molecular complexity index is 380. The van der Waals surface area contributed by atoms with Crippen molar-refractivity contribution in [2.24, 2.45) is 5.92 Å². The van der Waals surface area contributed by atoms with E-state index in [0.717, 1.165) is 17.9 Å². The van der Waals surface area contributed by atoms with Crippen molar-refractivity contribution in [1.82, 2.24) is 0 Å². The third-order valence-electron chi connectivity index (χ3n) is 2.72. The quantitative estimate of drug-likeness (QED) is 0.822. The molecule has 0 heterocycles. The summed E-state index contributed by atoms with van der Waals surface area (Å²) < 4.78 is 5.00. The standard InChI is InChI=1S/C12H14O3/c1-15-11-5-4-9(6-8-2-3-8)7-10(11)12(13)14/h4-5,7-8H,2-3,6H2,1H3,(H,13,14). The molecule has 1 saturated carbocycles. The van der Waals surface area contributed by atoms with Crippen LogP contribution in [-0.4, -0.2) is 18.2 Å². The minimum Gasteiger partial charge on any atom is -0.496 e. The van der Waals surface area contributed by atoms with Gasteiger partial charge in [-0.3, -0.25) is 0 Å². The van der Waals surface area contributed by atoms with E-state index in [4.69, 9.17) is 9.84 Å². The zero-order valence-corrected chi connectivity index (χ0v) is 8.69. The first kappa shape index (κ1) is 10.0. The van der Waals surface area contributed by atoms with E-state index in [0.29, 0.717) is 5.75 Å². The largest absolute Gasteiger partial charge is 0.496 e. The van der Waals surface area contributed by atoms with Crippen molar-refractivity contribution in [1.29, 1.82) is 0 Å². The van der Waals surface area contributed by atoms with Gasteiger partial charge in [0.2, 0.25) is 0 Å². The lowest BCUT2D eigenvalue weighted by molar-refractivity contribution is 0.0693. The lowest BCUT2D eigenvalue weighted by atomic mass is 10.0. The molecular weight excluding hydrogens is 192 g/mol. The van der Waals surface area contributed by atoms with E-state index in [1.54, 1.807) is 12.1 Å². The summed E-state index contributed by atoms with van der Waals surface area (Å²) in [6.07, 6.45) is 3.53. The molecule has 80 valence electrons. The molecule has 0 unspecified atom stereocenters. The lowest BCUT2D eigenvalue weighted by Crippen LogP contribution is -2.02. The summed E-state index contributed by atoms with van der Waals surface area (Å²) in [4.78, 5) is 11.0. The van der Waals surface area contributed by atoms with E-state index in [1.165, 1.54) is 20.0 Å². The van der Waals surface area contributed by atoms with Crippen molar-refractivity contribution in [3.05, 3.63) is 29.3 Å². The van der Waals surface area contributed by atoms with Crippen molar-refractivity contribution in [3.63, 3.8) is 0 Å². The van der Waals surface area contributed by atoms with Crippen LogP contribution in [0.1, 0.15) is 28.8 Å². The van der Waals surface area contributed by atoms with Gasteiger partial charge in [-0.1, -0.05) is 6.07 Å². The van der Waals surface area contributed by atoms with Gasteiger partial charge < -0.3 is 9.84 Å². The first-order valence-corrected chi connectivity index (χ1v) is 5.11. The number of methoxy groups -OCH3 is 1. The summed E-state index contributed by atoms with van der Waals surface area (Å²) >= 11 is 0. The first-order valence-electron chi connectivity index (χ1n) is 5.11. The normalized spacial score (nSPS) is 15.0. The Morgan fingerprint density at radius 3 is 2.80 bits per heavy atom. The highest BCUT2D eigenvalue weighted by molar-refractivity contribution is 5.91. The number of hydrogen-bond donors (Lipinski definition) is 1. The van der Waals surface area contributed by atoms with Gasteiger partial charge in [0, 0.05) is 0 Å². The molecular formula is C12H14O3. The Labute approximate surface area is 88.7 Å². The Kier molecular flexibility index (Phi) is 2.62. The number of carbonyl (C=O) groups is 1. The summed E-state index contributed by atoms with van der Waals surface area (Å²) in [5.74, 6) is 0.270. The van der Waals surface area contributed by atoms with Crippen LogP contribution in [0.2, 0.25) is 0 Å². The van der Waals surface area contributed by atoms with Crippen LogP contribution in [0.5, 0.6) is 5.75 Å². The summed E-state index contributed by atoms with van der Waals surface area (Å²) in [7, 11) is 1.49. The molecule has 0 aliphatic heterocycles. The topological polar surface area (TPSA) is 46.5 Å². The monoisotopic (exact) mass is 206 g/mol. The average Bonchev–Trinajstić information content (AvgIpc) is 3.01. The molecule has 0 spiro atoms. The summed E-state index contributed by atoms with van der Waals surface area (Å²) in [6, 6.07) is 5.41. The molecule has 1 fully saturated rings. The maximum Gasteiger partial charge on any atom is 0.339 e. The number of carboxylic acids is 1. The van der Waals surface area contributed by atoms with Crippen LogP contribution in [0, 0.1) is 5.92 Å². The highest BCUT2D eigenvalue weighted by Gasteiger charge is 2.22. The van der Waals surface area contributed by atoms with Crippen LogP contribution >= 0.6 is 0 Å². The van der Waals surface area contributed by atoms with E-state index < -0.39 is 5.97 Å². The second-order valence-electron chi connectivity index (χ2n) is 3.99. The molecule has 1 aliphatic carbocycles. The molecule has 2 rings (SSSR count). The van der Waals surface area contributed by atoms with Gasteiger partial charge in [-0.05, 0) is 42.9 Å². The third-order valence-corrected chi connectivity index (χ3v) is 2.72. The Morgan fingerprint density at radius 2 is 2.27 bits per heavy atom. The van der Waals surface area contributed by atoms with Gasteiger partial charge in [0.15, 0.2) is 0 Å². The third kappa shape index (κ3) is 2.29. The predicted octanol–water partition coefficient (Wildman–Crippen LogP) is 2.35.